The molecule has 0 aromatic heterocycles. The number of hydrogen-bond donors (Lipinski definition) is 1. The number of hydrogen-bond acceptors (Lipinski definition) is 6. The van der Waals surface area contributed by atoms with E-state index in [9.17, 15) is 19.5 Å². The third-order valence-corrected chi connectivity index (χ3v) is 8.96. The highest BCUT2D eigenvalue weighted by Crippen LogP contribution is 2.57. The first-order valence-electron chi connectivity index (χ1n) is 14.8. The number of esters is 1. The molecule has 0 radical (unpaired) electrons. The number of ether oxygens (including phenoxy) is 2. The van der Waals surface area contributed by atoms with Crippen LogP contribution in [0.15, 0.2) is 42.5 Å². The second-order valence-electron chi connectivity index (χ2n) is 11.9. The number of fused-ring (bicyclic) bond motifs is 2. The van der Waals surface area contributed by atoms with Gasteiger partial charge in [0, 0.05) is 25.4 Å². The van der Waals surface area contributed by atoms with Crippen LogP contribution in [-0.2, 0) is 23.9 Å². The molecule has 1 unspecified atom stereocenters. The number of amides is 2. The van der Waals surface area contributed by atoms with E-state index in [-0.39, 0.29) is 18.4 Å². The van der Waals surface area contributed by atoms with Gasteiger partial charge in [0.25, 0.3) is 5.91 Å². The lowest BCUT2D eigenvalue weighted by atomic mass is 9.74. The molecule has 2 amide bonds. The monoisotopic (exact) mass is 550 g/mol. The number of nitrogens with zero attached hydrogens (tertiary/aromatic N) is 2. The molecule has 2 saturated heterocycles. The zero-order valence-corrected chi connectivity index (χ0v) is 23.9. The number of aliphatic hydroxyl groups is 1. The van der Waals surface area contributed by atoms with Crippen LogP contribution in [0.4, 0.5) is 5.69 Å². The van der Waals surface area contributed by atoms with Crippen molar-refractivity contribution in [1.82, 2.24) is 4.90 Å². The van der Waals surface area contributed by atoms with Crippen molar-refractivity contribution < 1.29 is 29.0 Å². The topological polar surface area (TPSA) is 96.4 Å². The Morgan fingerprint density at radius 1 is 0.975 bits per heavy atom. The number of anilines is 1. The molecule has 0 aliphatic carbocycles. The van der Waals surface area contributed by atoms with E-state index in [1.165, 1.54) is 0 Å². The molecule has 216 valence electrons. The Bertz CT molecular complexity index is 1210. The summed E-state index contributed by atoms with van der Waals surface area (Å²) in [6, 6.07) is 5.13. The Kier molecular flexibility index (Phi) is 8.20. The first-order valence-corrected chi connectivity index (χ1v) is 14.8. The van der Waals surface area contributed by atoms with Gasteiger partial charge in [-0.05, 0) is 70.1 Å². The molecule has 8 heteroatoms. The molecule has 0 saturated carbocycles. The molecule has 4 aliphatic rings. The van der Waals surface area contributed by atoms with Crippen LogP contribution in [-0.4, -0.2) is 71.3 Å². The number of benzene rings is 1. The normalized spacial score (nSPS) is 32.8. The van der Waals surface area contributed by atoms with E-state index in [2.05, 4.69) is 0 Å². The summed E-state index contributed by atoms with van der Waals surface area (Å²) in [5.74, 6) is -2.60. The van der Waals surface area contributed by atoms with Gasteiger partial charge in [-0.25, -0.2) is 0 Å². The number of aliphatic hydroxyl groups excluding tert-OH is 1. The van der Waals surface area contributed by atoms with Crippen LogP contribution in [0.5, 0.6) is 0 Å². The number of cyclic esters (lactones) is 1. The molecule has 0 bridgehead atoms. The van der Waals surface area contributed by atoms with Crippen molar-refractivity contribution in [2.75, 3.05) is 31.2 Å². The fourth-order valence-corrected chi connectivity index (χ4v) is 7.01. The lowest BCUT2D eigenvalue weighted by Crippen LogP contribution is -2.56. The molecule has 5 rings (SSSR count). The van der Waals surface area contributed by atoms with Gasteiger partial charge in [0.15, 0.2) is 0 Å². The standard InChI is InChI=1S/C32H42N2O6/c1-22-13-14-23(2)24(21-22)33-18-12-16-32-25(26-30(38)39-20-11-7-4-8-15-31(26,3)40-32)28(36)34(27(32)29(33)37)17-9-5-6-10-19-35/h8,12-16,21,25-27,35H,4-7,9-11,17-20H2,1-3H3/b15-8-/t25-,26+,27?,31-,32-/m0/s1. The Labute approximate surface area is 237 Å². The molecule has 5 atom stereocenters. The van der Waals surface area contributed by atoms with E-state index < -0.39 is 35.0 Å². The third kappa shape index (κ3) is 4.90. The minimum Gasteiger partial charge on any atom is -0.465 e. The largest absolute Gasteiger partial charge is 0.465 e. The van der Waals surface area contributed by atoms with Gasteiger partial charge >= 0.3 is 5.97 Å². The number of carbonyl (C=O) groups excluding carboxylic acids is 3. The Balaban J connectivity index is 1.59. The highest BCUT2D eigenvalue weighted by molar-refractivity contribution is 6.06. The number of rotatable bonds is 7. The molecular weight excluding hydrogens is 508 g/mol. The first kappa shape index (κ1) is 28.6. The second-order valence-corrected chi connectivity index (χ2v) is 11.9. The fraction of sp³-hybridized carbons (Fsp3) is 0.594. The summed E-state index contributed by atoms with van der Waals surface area (Å²) in [7, 11) is 0. The molecule has 4 aliphatic heterocycles. The van der Waals surface area contributed by atoms with Gasteiger partial charge in [0.1, 0.15) is 17.6 Å². The minimum atomic E-state index is -1.29. The first-order chi connectivity index (χ1) is 19.2. The summed E-state index contributed by atoms with van der Waals surface area (Å²) >= 11 is 0. The Hall–Kier alpha value is -2.97. The van der Waals surface area contributed by atoms with E-state index in [1.54, 1.807) is 9.80 Å². The van der Waals surface area contributed by atoms with Crippen LogP contribution in [0.3, 0.4) is 0 Å². The lowest BCUT2D eigenvalue weighted by Gasteiger charge is -2.38. The predicted molar refractivity (Wildman–Crippen MR) is 152 cm³/mol. The molecule has 1 spiro atoms. The van der Waals surface area contributed by atoms with Crippen molar-refractivity contribution in [2.24, 2.45) is 11.8 Å². The average Bonchev–Trinajstić information content (AvgIpc) is 3.24. The van der Waals surface area contributed by atoms with Gasteiger partial charge in [-0.15, -0.1) is 0 Å². The number of likely N-dealkylation sites (tertiary alicyclic amines) is 1. The maximum atomic E-state index is 14.6. The van der Waals surface area contributed by atoms with Gasteiger partial charge in [0.05, 0.1) is 18.1 Å². The van der Waals surface area contributed by atoms with Crippen LogP contribution >= 0.6 is 0 Å². The quantitative estimate of drug-likeness (QED) is 0.313. The summed E-state index contributed by atoms with van der Waals surface area (Å²) in [6.45, 7) is 6.99. The van der Waals surface area contributed by atoms with Crippen molar-refractivity contribution in [3.8, 4) is 0 Å². The van der Waals surface area contributed by atoms with Gasteiger partial charge < -0.3 is 24.4 Å². The van der Waals surface area contributed by atoms with Crippen LogP contribution in [0.2, 0.25) is 0 Å². The lowest BCUT2D eigenvalue weighted by molar-refractivity contribution is -0.158. The number of carbonyl (C=O) groups is 3. The fourth-order valence-electron chi connectivity index (χ4n) is 7.01. The Morgan fingerprint density at radius 3 is 2.58 bits per heavy atom. The second kappa shape index (κ2) is 11.5. The molecule has 1 aromatic rings. The minimum absolute atomic E-state index is 0.133. The maximum absolute atomic E-state index is 14.6. The van der Waals surface area contributed by atoms with Crippen molar-refractivity contribution >= 4 is 23.5 Å². The molecule has 1 aromatic carbocycles. The van der Waals surface area contributed by atoms with E-state index in [0.29, 0.717) is 32.5 Å². The highest BCUT2D eigenvalue weighted by atomic mass is 16.6. The predicted octanol–water partition coefficient (Wildman–Crippen LogP) is 4.01. The highest BCUT2D eigenvalue weighted by Gasteiger charge is 2.74. The van der Waals surface area contributed by atoms with E-state index in [0.717, 1.165) is 48.9 Å². The van der Waals surface area contributed by atoms with Crippen LogP contribution in [0, 0.1) is 25.7 Å². The zero-order chi connectivity index (χ0) is 28.5. The SMILES string of the molecule is Cc1ccc(C)c(N2CC=C[C@]34O[C@@]5(C)/C=C\CCCCOC(=O)[C@H]5[C@H]3C(=O)N(CCCCCCO)C4C2=O)c1. The smallest absolute Gasteiger partial charge is 0.313 e. The third-order valence-electron chi connectivity index (χ3n) is 8.96. The number of allylic oxidation sites excluding steroid dienone is 1. The number of aryl methyl sites for hydroxylation is 2. The maximum Gasteiger partial charge on any atom is 0.313 e. The van der Waals surface area contributed by atoms with Crippen molar-refractivity contribution in [3.63, 3.8) is 0 Å². The summed E-state index contributed by atoms with van der Waals surface area (Å²) in [4.78, 5) is 46.0. The molecule has 4 heterocycles. The van der Waals surface area contributed by atoms with Gasteiger partial charge in [0.2, 0.25) is 5.91 Å². The summed E-state index contributed by atoms with van der Waals surface area (Å²) < 4.78 is 12.6. The molecular formula is C32H42N2O6. The zero-order valence-electron chi connectivity index (χ0n) is 23.9. The number of unbranched alkanes of at least 4 members (excludes halogenated alkanes) is 3. The molecule has 2 fully saturated rings. The molecule has 8 nitrogen and oxygen atoms in total. The van der Waals surface area contributed by atoms with Crippen molar-refractivity contribution in [2.45, 2.75) is 83.0 Å². The van der Waals surface area contributed by atoms with E-state index in [4.69, 9.17) is 9.47 Å². The van der Waals surface area contributed by atoms with E-state index >= 15 is 0 Å². The summed E-state index contributed by atoms with van der Waals surface area (Å²) in [5.41, 5.74) is 0.454. The van der Waals surface area contributed by atoms with Crippen molar-refractivity contribution in [3.05, 3.63) is 53.6 Å². The van der Waals surface area contributed by atoms with Gasteiger partial charge in [-0.3, -0.25) is 14.4 Å². The molecule has 1 N–H and O–H groups in total. The molecule has 40 heavy (non-hydrogen) atoms. The van der Waals surface area contributed by atoms with Gasteiger partial charge in [-0.2, -0.15) is 0 Å². The van der Waals surface area contributed by atoms with Crippen molar-refractivity contribution in [1.29, 1.82) is 0 Å². The summed E-state index contributed by atoms with van der Waals surface area (Å²) in [5, 5.41) is 9.18. The summed E-state index contributed by atoms with van der Waals surface area (Å²) in [6.07, 6.45) is 13.3. The van der Waals surface area contributed by atoms with Gasteiger partial charge in [-0.1, -0.05) is 49.3 Å². The van der Waals surface area contributed by atoms with Crippen LogP contribution < -0.4 is 4.90 Å². The average molecular weight is 551 g/mol. The van der Waals surface area contributed by atoms with E-state index in [1.807, 2.05) is 63.3 Å². The van der Waals surface area contributed by atoms with Crippen LogP contribution in [0.1, 0.15) is 63.0 Å². The van der Waals surface area contributed by atoms with Crippen LogP contribution in [0.25, 0.3) is 0 Å². The Morgan fingerprint density at radius 2 is 1.77 bits per heavy atom.